The van der Waals surface area contributed by atoms with Gasteiger partial charge in [0.05, 0.1) is 6.54 Å². The Morgan fingerprint density at radius 2 is 1.96 bits per heavy atom. The molecular formula is C20H34IN5O. The Morgan fingerprint density at radius 1 is 1.19 bits per heavy atom. The van der Waals surface area contributed by atoms with E-state index in [9.17, 15) is 4.79 Å². The van der Waals surface area contributed by atoms with Crippen LogP contribution in [0.3, 0.4) is 0 Å². The molecule has 1 aliphatic heterocycles. The number of likely N-dealkylation sites (N-methyl/N-ethyl adjacent to an activating group) is 1. The zero-order valence-electron chi connectivity index (χ0n) is 16.5. The maximum atomic E-state index is 12.0. The van der Waals surface area contributed by atoms with Crippen molar-refractivity contribution in [1.29, 1.82) is 0 Å². The summed E-state index contributed by atoms with van der Waals surface area (Å²) >= 11 is 0. The van der Waals surface area contributed by atoms with Crippen LogP contribution in [0.1, 0.15) is 38.7 Å². The Hall–Kier alpha value is -1.35. The zero-order chi connectivity index (χ0) is 18.6. The Kier molecular flexibility index (Phi) is 12.1. The fraction of sp³-hybridized carbons (Fsp3) is 0.600. The molecule has 1 saturated heterocycles. The highest BCUT2D eigenvalue weighted by atomic mass is 127. The number of rotatable bonds is 9. The number of carbonyl (C=O) groups is 1. The van der Waals surface area contributed by atoms with Gasteiger partial charge in [0, 0.05) is 32.1 Å². The van der Waals surface area contributed by atoms with Crippen LogP contribution in [-0.2, 0) is 11.3 Å². The average molecular weight is 487 g/mol. The quantitative estimate of drug-likeness (QED) is 0.284. The summed E-state index contributed by atoms with van der Waals surface area (Å²) < 4.78 is 0. The highest BCUT2D eigenvalue weighted by Crippen LogP contribution is 2.16. The zero-order valence-corrected chi connectivity index (χ0v) is 18.9. The van der Waals surface area contributed by atoms with E-state index in [1.165, 1.54) is 19.4 Å². The summed E-state index contributed by atoms with van der Waals surface area (Å²) in [6, 6.07) is 10.5. The van der Waals surface area contributed by atoms with Crippen LogP contribution in [0.2, 0.25) is 0 Å². The highest BCUT2D eigenvalue weighted by molar-refractivity contribution is 14.0. The van der Waals surface area contributed by atoms with E-state index in [0.717, 1.165) is 31.2 Å². The largest absolute Gasteiger partial charge is 0.357 e. The second kappa shape index (κ2) is 13.8. The second-order valence-corrected chi connectivity index (χ2v) is 6.58. The lowest BCUT2D eigenvalue weighted by atomic mass is 10.2. The first-order valence-corrected chi connectivity index (χ1v) is 9.79. The van der Waals surface area contributed by atoms with Gasteiger partial charge in [0.1, 0.15) is 0 Å². The van der Waals surface area contributed by atoms with Crippen LogP contribution in [0.5, 0.6) is 0 Å². The number of aliphatic imine (C=N–C) groups is 1. The standard InChI is InChI=1S/C20H33N5O.HI/c1-3-21-20(24-16-18-11-8-14-25(18)4-2)22-13-12-19(26)23-15-17-9-6-5-7-10-17;/h5-7,9-10,18H,3-4,8,11-16H2,1-2H3,(H,23,26)(H2,21,22,24);1H. The maximum Gasteiger partial charge on any atom is 0.222 e. The molecule has 0 saturated carbocycles. The first kappa shape index (κ1) is 23.7. The highest BCUT2D eigenvalue weighted by Gasteiger charge is 2.22. The lowest BCUT2D eigenvalue weighted by Crippen LogP contribution is -2.40. The molecule has 1 aromatic carbocycles. The minimum Gasteiger partial charge on any atom is -0.357 e. The topological polar surface area (TPSA) is 68.8 Å². The van der Waals surface area contributed by atoms with E-state index in [4.69, 9.17) is 4.99 Å². The van der Waals surface area contributed by atoms with Gasteiger partial charge < -0.3 is 16.0 Å². The molecule has 2 rings (SSSR count). The van der Waals surface area contributed by atoms with E-state index in [-0.39, 0.29) is 29.9 Å². The monoisotopic (exact) mass is 487 g/mol. The molecule has 0 spiro atoms. The van der Waals surface area contributed by atoms with Crippen molar-refractivity contribution in [1.82, 2.24) is 20.9 Å². The number of nitrogens with zero attached hydrogens (tertiary/aromatic N) is 2. The van der Waals surface area contributed by atoms with Gasteiger partial charge in [-0.3, -0.25) is 14.7 Å². The summed E-state index contributed by atoms with van der Waals surface area (Å²) in [5.74, 6) is 0.844. The van der Waals surface area contributed by atoms with E-state index in [1.807, 2.05) is 30.3 Å². The molecule has 0 bridgehead atoms. The number of hydrogen-bond acceptors (Lipinski definition) is 3. The summed E-state index contributed by atoms with van der Waals surface area (Å²) in [5.41, 5.74) is 1.11. The fourth-order valence-electron chi connectivity index (χ4n) is 3.24. The molecule has 27 heavy (non-hydrogen) atoms. The molecule has 0 radical (unpaired) electrons. The van der Waals surface area contributed by atoms with E-state index in [0.29, 0.717) is 25.6 Å². The van der Waals surface area contributed by atoms with E-state index < -0.39 is 0 Å². The van der Waals surface area contributed by atoms with E-state index in [2.05, 4.69) is 34.7 Å². The van der Waals surface area contributed by atoms with Crippen molar-refractivity contribution in [2.24, 2.45) is 4.99 Å². The molecule has 0 aliphatic carbocycles. The third-order valence-corrected chi connectivity index (χ3v) is 4.69. The number of guanidine groups is 1. The summed E-state index contributed by atoms with van der Waals surface area (Å²) in [6.45, 7) is 9.31. The summed E-state index contributed by atoms with van der Waals surface area (Å²) in [6.07, 6.45) is 2.92. The van der Waals surface area contributed by atoms with Gasteiger partial charge in [-0.25, -0.2) is 0 Å². The smallest absolute Gasteiger partial charge is 0.222 e. The number of amides is 1. The van der Waals surface area contributed by atoms with Crippen molar-refractivity contribution >= 4 is 35.8 Å². The van der Waals surface area contributed by atoms with Gasteiger partial charge in [0.2, 0.25) is 5.91 Å². The number of benzene rings is 1. The predicted molar refractivity (Wildman–Crippen MR) is 123 cm³/mol. The Balaban J connectivity index is 0.00000364. The third kappa shape index (κ3) is 8.92. The van der Waals surface area contributed by atoms with Crippen molar-refractivity contribution in [3.8, 4) is 0 Å². The van der Waals surface area contributed by atoms with Gasteiger partial charge in [0.25, 0.3) is 0 Å². The number of halogens is 1. The normalized spacial score (nSPS) is 17.3. The number of carbonyl (C=O) groups excluding carboxylic acids is 1. The molecule has 152 valence electrons. The molecule has 1 heterocycles. The SMILES string of the molecule is CCNC(=NCC1CCCN1CC)NCCC(=O)NCc1ccccc1.I. The van der Waals surface area contributed by atoms with Crippen molar-refractivity contribution in [2.45, 2.75) is 45.7 Å². The summed E-state index contributed by atoms with van der Waals surface area (Å²) in [5, 5.41) is 9.47. The lowest BCUT2D eigenvalue weighted by molar-refractivity contribution is -0.121. The maximum absolute atomic E-state index is 12.0. The molecule has 7 heteroatoms. The van der Waals surface area contributed by atoms with Gasteiger partial charge in [0.15, 0.2) is 5.96 Å². The van der Waals surface area contributed by atoms with Crippen molar-refractivity contribution < 1.29 is 4.79 Å². The minimum atomic E-state index is 0. The van der Waals surface area contributed by atoms with Crippen LogP contribution >= 0.6 is 24.0 Å². The van der Waals surface area contributed by atoms with Gasteiger partial charge in [-0.15, -0.1) is 24.0 Å². The molecule has 1 unspecified atom stereocenters. The predicted octanol–water partition coefficient (Wildman–Crippen LogP) is 2.35. The Labute approximate surface area is 180 Å². The molecule has 6 nitrogen and oxygen atoms in total. The molecule has 1 fully saturated rings. The number of nitrogens with one attached hydrogen (secondary N) is 3. The first-order valence-electron chi connectivity index (χ1n) is 9.79. The van der Waals surface area contributed by atoms with Crippen molar-refractivity contribution in [3.63, 3.8) is 0 Å². The molecule has 3 N–H and O–H groups in total. The van der Waals surface area contributed by atoms with E-state index >= 15 is 0 Å². The van der Waals surface area contributed by atoms with Crippen LogP contribution in [0, 0.1) is 0 Å². The fourth-order valence-corrected chi connectivity index (χ4v) is 3.24. The van der Waals surface area contributed by atoms with E-state index in [1.54, 1.807) is 0 Å². The van der Waals surface area contributed by atoms with Gasteiger partial charge in [-0.05, 0) is 38.4 Å². The van der Waals surface area contributed by atoms with Gasteiger partial charge >= 0.3 is 0 Å². The lowest BCUT2D eigenvalue weighted by Gasteiger charge is -2.21. The van der Waals surface area contributed by atoms with Crippen LogP contribution in [0.25, 0.3) is 0 Å². The third-order valence-electron chi connectivity index (χ3n) is 4.69. The number of likely N-dealkylation sites (tertiary alicyclic amines) is 1. The summed E-state index contributed by atoms with van der Waals surface area (Å²) in [7, 11) is 0. The van der Waals surface area contributed by atoms with Crippen LogP contribution < -0.4 is 16.0 Å². The first-order chi connectivity index (χ1) is 12.7. The van der Waals surface area contributed by atoms with Crippen LogP contribution in [0.4, 0.5) is 0 Å². The molecule has 0 aromatic heterocycles. The van der Waals surface area contributed by atoms with Crippen LogP contribution in [-0.4, -0.2) is 55.5 Å². The van der Waals surface area contributed by atoms with Gasteiger partial charge in [-0.1, -0.05) is 37.3 Å². The Morgan fingerprint density at radius 3 is 2.67 bits per heavy atom. The molecule has 1 aromatic rings. The summed E-state index contributed by atoms with van der Waals surface area (Å²) in [4.78, 5) is 19.2. The van der Waals surface area contributed by atoms with Gasteiger partial charge in [-0.2, -0.15) is 0 Å². The minimum absolute atomic E-state index is 0. The molecule has 1 aliphatic rings. The molecule has 1 atom stereocenters. The number of hydrogen-bond donors (Lipinski definition) is 3. The molecular weight excluding hydrogens is 453 g/mol. The second-order valence-electron chi connectivity index (χ2n) is 6.58. The van der Waals surface area contributed by atoms with Crippen molar-refractivity contribution in [2.75, 3.05) is 32.7 Å². The Bertz CT molecular complexity index is 567. The van der Waals surface area contributed by atoms with Crippen LogP contribution in [0.15, 0.2) is 35.3 Å². The average Bonchev–Trinajstić information content (AvgIpc) is 3.13. The van der Waals surface area contributed by atoms with Crippen molar-refractivity contribution in [3.05, 3.63) is 35.9 Å². The molecule has 1 amide bonds.